The number of hydrogen-bond donors (Lipinski definition) is 1. The van der Waals surface area contributed by atoms with Gasteiger partial charge < -0.3 is 5.32 Å². The zero-order chi connectivity index (χ0) is 18.1. The normalized spacial score (nSPS) is 10.8. The van der Waals surface area contributed by atoms with E-state index in [1.165, 1.54) is 17.7 Å². The largest absolute Gasteiger partial charge is 0.358 e. The van der Waals surface area contributed by atoms with Gasteiger partial charge in [-0.2, -0.15) is 0 Å². The van der Waals surface area contributed by atoms with Crippen LogP contribution >= 0.6 is 11.6 Å². The molecule has 128 valence electrons. The van der Waals surface area contributed by atoms with Crippen LogP contribution in [0, 0.1) is 6.92 Å². The van der Waals surface area contributed by atoms with E-state index in [-0.39, 0.29) is 12.5 Å². The van der Waals surface area contributed by atoms with Crippen LogP contribution in [-0.4, -0.2) is 22.1 Å². The molecule has 1 N–H and O–H groups in total. The van der Waals surface area contributed by atoms with Gasteiger partial charge >= 0.3 is 5.69 Å². The highest BCUT2D eigenvalue weighted by Crippen LogP contribution is 2.16. The Hall–Kier alpha value is -2.86. The third-order valence-corrected chi connectivity index (χ3v) is 4.18. The summed E-state index contributed by atoms with van der Waals surface area (Å²) in [6.07, 6.45) is 0. The lowest BCUT2D eigenvalue weighted by Crippen LogP contribution is -2.41. The summed E-state index contributed by atoms with van der Waals surface area (Å²) in [5.41, 5.74) is 0.662. The summed E-state index contributed by atoms with van der Waals surface area (Å²) in [4.78, 5) is 37.7. The molecule has 1 aromatic heterocycles. The molecule has 0 bridgehead atoms. The second kappa shape index (κ2) is 6.57. The number of benzene rings is 2. The molecule has 0 unspecified atom stereocenters. The van der Waals surface area contributed by atoms with Crippen LogP contribution < -0.4 is 16.6 Å². The van der Waals surface area contributed by atoms with E-state index in [2.05, 4.69) is 5.32 Å². The number of hydrogen-bond acceptors (Lipinski definition) is 3. The Bertz CT molecular complexity index is 1100. The maximum atomic E-state index is 13.0. The average Bonchev–Trinajstić information content (AvgIpc) is 2.58. The predicted molar refractivity (Wildman–Crippen MR) is 97.6 cm³/mol. The van der Waals surface area contributed by atoms with Crippen molar-refractivity contribution in [3.8, 4) is 5.69 Å². The first-order valence-electron chi connectivity index (χ1n) is 7.65. The van der Waals surface area contributed by atoms with Gasteiger partial charge in [0.15, 0.2) is 0 Å². The molecule has 0 saturated carbocycles. The van der Waals surface area contributed by atoms with E-state index in [0.717, 1.165) is 10.1 Å². The summed E-state index contributed by atoms with van der Waals surface area (Å²) in [6, 6.07) is 11.7. The minimum atomic E-state index is -0.589. The van der Waals surface area contributed by atoms with Crippen molar-refractivity contribution in [3.63, 3.8) is 0 Å². The molecule has 0 aliphatic rings. The molecule has 0 saturated heterocycles. The van der Waals surface area contributed by atoms with Crippen molar-refractivity contribution in [2.45, 2.75) is 13.5 Å². The van der Waals surface area contributed by atoms with Crippen molar-refractivity contribution in [1.82, 2.24) is 14.5 Å². The maximum absolute atomic E-state index is 13.0. The van der Waals surface area contributed by atoms with Crippen LogP contribution in [0.5, 0.6) is 0 Å². The van der Waals surface area contributed by atoms with Gasteiger partial charge in [-0.1, -0.05) is 23.7 Å². The summed E-state index contributed by atoms with van der Waals surface area (Å²) in [5.74, 6) is -0.349. The number of likely N-dealkylation sites (N-methyl/N-ethyl adjacent to an activating group) is 1. The summed E-state index contributed by atoms with van der Waals surface area (Å²) >= 11 is 6.02. The fraction of sp³-hybridized carbons (Fsp3) is 0.167. The van der Waals surface area contributed by atoms with Crippen molar-refractivity contribution < 1.29 is 4.79 Å². The molecule has 0 aliphatic heterocycles. The Kier molecular flexibility index (Phi) is 4.46. The fourth-order valence-electron chi connectivity index (χ4n) is 2.71. The molecule has 0 spiro atoms. The molecule has 25 heavy (non-hydrogen) atoms. The number of carbonyl (C=O) groups excluding carboxylic acids is 1. The molecule has 0 atom stereocenters. The van der Waals surface area contributed by atoms with Crippen molar-refractivity contribution >= 4 is 28.4 Å². The lowest BCUT2D eigenvalue weighted by atomic mass is 10.2. The topological polar surface area (TPSA) is 73.1 Å². The van der Waals surface area contributed by atoms with Gasteiger partial charge in [0, 0.05) is 12.1 Å². The highest BCUT2D eigenvalue weighted by molar-refractivity contribution is 6.31. The van der Waals surface area contributed by atoms with Crippen LogP contribution in [0.2, 0.25) is 5.02 Å². The van der Waals surface area contributed by atoms with Crippen LogP contribution in [0.1, 0.15) is 5.56 Å². The minimum absolute atomic E-state index is 0.210. The summed E-state index contributed by atoms with van der Waals surface area (Å²) < 4.78 is 2.33. The highest BCUT2D eigenvalue weighted by atomic mass is 35.5. The van der Waals surface area contributed by atoms with Crippen LogP contribution in [0.3, 0.4) is 0 Å². The molecule has 0 radical (unpaired) electrons. The van der Waals surface area contributed by atoms with Gasteiger partial charge in [0.05, 0.1) is 16.6 Å². The van der Waals surface area contributed by atoms with Crippen LogP contribution in [0.4, 0.5) is 0 Å². The predicted octanol–water partition coefficient (Wildman–Crippen LogP) is 1.86. The fourth-order valence-corrected chi connectivity index (χ4v) is 2.88. The number of carbonyl (C=O) groups is 1. The molecule has 3 aromatic rings. The summed E-state index contributed by atoms with van der Waals surface area (Å²) in [5, 5.41) is 3.18. The van der Waals surface area contributed by atoms with Crippen LogP contribution in [0.15, 0.2) is 52.1 Å². The number of nitrogens with one attached hydrogen (secondary N) is 1. The number of rotatable bonds is 3. The molecular weight excluding hydrogens is 342 g/mol. The molecule has 7 heteroatoms. The quantitative estimate of drug-likeness (QED) is 0.777. The van der Waals surface area contributed by atoms with Gasteiger partial charge in [0.25, 0.3) is 5.56 Å². The minimum Gasteiger partial charge on any atom is -0.358 e. The number of aromatic nitrogens is 2. The lowest BCUT2D eigenvalue weighted by molar-refractivity contribution is -0.121. The number of fused-ring (bicyclic) bond motifs is 1. The monoisotopic (exact) mass is 357 g/mol. The smallest absolute Gasteiger partial charge is 0.336 e. The second-order valence-electron chi connectivity index (χ2n) is 5.68. The number of amides is 1. The summed E-state index contributed by atoms with van der Waals surface area (Å²) in [7, 11) is 1.49. The second-order valence-corrected chi connectivity index (χ2v) is 6.12. The Morgan fingerprint density at radius 1 is 1.16 bits per heavy atom. The van der Waals surface area contributed by atoms with Gasteiger partial charge in [0.1, 0.15) is 6.54 Å². The van der Waals surface area contributed by atoms with E-state index in [0.29, 0.717) is 21.6 Å². The van der Waals surface area contributed by atoms with E-state index in [9.17, 15) is 14.4 Å². The van der Waals surface area contributed by atoms with Gasteiger partial charge in [0.2, 0.25) is 5.91 Å². The van der Waals surface area contributed by atoms with Gasteiger partial charge in [-0.3, -0.25) is 14.2 Å². The van der Waals surface area contributed by atoms with E-state index < -0.39 is 11.2 Å². The first-order chi connectivity index (χ1) is 11.9. The molecule has 2 aromatic carbocycles. The van der Waals surface area contributed by atoms with E-state index in [1.54, 1.807) is 30.3 Å². The Balaban J connectivity index is 2.43. The Morgan fingerprint density at radius 2 is 1.92 bits per heavy atom. The number of nitrogens with zero attached hydrogens (tertiary/aromatic N) is 2. The SMILES string of the molecule is CNC(=O)Cn1c(=O)n(-c2cccc(C)c2)c(=O)c2ccc(Cl)cc21. The van der Waals surface area contributed by atoms with E-state index in [4.69, 9.17) is 11.6 Å². The van der Waals surface area contributed by atoms with Crippen LogP contribution in [0.25, 0.3) is 16.6 Å². The van der Waals surface area contributed by atoms with Gasteiger partial charge in [-0.15, -0.1) is 0 Å². The third kappa shape index (κ3) is 3.08. The molecule has 0 fully saturated rings. The standard InChI is InChI=1S/C18H16ClN3O3/c1-11-4-3-5-13(8-11)22-17(24)14-7-6-12(19)9-15(14)21(18(22)25)10-16(23)20-2/h3-9H,10H2,1-2H3,(H,20,23). The molecule has 0 aliphatic carbocycles. The zero-order valence-electron chi connectivity index (χ0n) is 13.7. The Labute approximate surface area is 148 Å². The van der Waals surface area contributed by atoms with Crippen molar-refractivity contribution in [2.75, 3.05) is 7.05 Å². The van der Waals surface area contributed by atoms with Crippen molar-refractivity contribution in [1.29, 1.82) is 0 Å². The zero-order valence-corrected chi connectivity index (χ0v) is 14.5. The van der Waals surface area contributed by atoms with Crippen molar-refractivity contribution in [3.05, 3.63) is 73.9 Å². The first kappa shape index (κ1) is 17.0. The number of halogens is 1. The van der Waals surface area contributed by atoms with E-state index in [1.807, 2.05) is 13.0 Å². The molecule has 6 nitrogen and oxygen atoms in total. The number of aryl methyl sites for hydroxylation is 1. The van der Waals surface area contributed by atoms with Crippen LogP contribution in [-0.2, 0) is 11.3 Å². The molecule has 3 rings (SSSR count). The third-order valence-electron chi connectivity index (χ3n) is 3.95. The van der Waals surface area contributed by atoms with E-state index >= 15 is 0 Å². The lowest BCUT2D eigenvalue weighted by Gasteiger charge is -2.14. The molecular formula is C18H16ClN3O3. The van der Waals surface area contributed by atoms with Gasteiger partial charge in [-0.25, -0.2) is 9.36 Å². The summed E-state index contributed by atoms with van der Waals surface area (Å²) in [6.45, 7) is 1.66. The molecule has 1 amide bonds. The highest BCUT2D eigenvalue weighted by Gasteiger charge is 2.16. The Morgan fingerprint density at radius 3 is 2.60 bits per heavy atom. The maximum Gasteiger partial charge on any atom is 0.336 e. The van der Waals surface area contributed by atoms with Crippen molar-refractivity contribution in [2.24, 2.45) is 0 Å². The average molecular weight is 358 g/mol. The molecule has 1 heterocycles. The first-order valence-corrected chi connectivity index (χ1v) is 8.03. The van der Waals surface area contributed by atoms with Gasteiger partial charge in [-0.05, 0) is 42.8 Å².